The minimum Gasteiger partial charge on any atom is -0.460 e. The number of hydrogen-bond donors (Lipinski definition) is 0. The first kappa shape index (κ1) is 19.2. The van der Waals surface area contributed by atoms with E-state index in [4.69, 9.17) is 16.0 Å². The summed E-state index contributed by atoms with van der Waals surface area (Å²) in [5.74, 6) is 1.37. The van der Waals surface area contributed by atoms with Crippen molar-refractivity contribution in [2.45, 2.75) is 33.6 Å². The van der Waals surface area contributed by atoms with E-state index in [0.717, 1.165) is 18.6 Å². The van der Waals surface area contributed by atoms with Crippen molar-refractivity contribution >= 4 is 17.5 Å². The van der Waals surface area contributed by atoms with Gasteiger partial charge in [-0.15, -0.1) is 0 Å². The minimum absolute atomic E-state index is 0.0550. The van der Waals surface area contributed by atoms with Gasteiger partial charge in [0.1, 0.15) is 17.1 Å². The van der Waals surface area contributed by atoms with E-state index >= 15 is 0 Å². The average molecular weight is 386 g/mol. The highest BCUT2D eigenvalue weighted by Crippen LogP contribution is 2.27. The van der Waals surface area contributed by atoms with E-state index < -0.39 is 0 Å². The molecular formula is C21H24ClN3O2. The van der Waals surface area contributed by atoms with Gasteiger partial charge in [-0.2, -0.15) is 5.10 Å². The lowest BCUT2D eigenvalue weighted by Crippen LogP contribution is -2.33. The van der Waals surface area contributed by atoms with Crippen LogP contribution in [0.3, 0.4) is 0 Å². The van der Waals surface area contributed by atoms with Gasteiger partial charge in [-0.05, 0) is 44.0 Å². The zero-order valence-corrected chi connectivity index (χ0v) is 16.7. The number of furan rings is 1. The largest absolute Gasteiger partial charge is 0.460 e. The number of rotatable bonds is 7. The van der Waals surface area contributed by atoms with Crippen LogP contribution in [0.2, 0.25) is 5.02 Å². The molecular weight excluding hydrogens is 362 g/mol. The highest BCUT2D eigenvalue weighted by molar-refractivity contribution is 6.32. The molecule has 0 N–H and O–H groups in total. The molecule has 1 amide bonds. The van der Waals surface area contributed by atoms with Crippen LogP contribution in [0.5, 0.6) is 0 Å². The van der Waals surface area contributed by atoms with Gasteiger partial charge in [-0.1, -0.05) is 37.6 Å². The highest BCUT2D eigenvalue weighted by atomic mass is 35.5. The van der Waals surface area contributed by atoms with E-state index in [9.17, 15) is 4.79 Å². The Morgan fingerprint density at radius 2 is 1.85 bits per heavy atom. The number of nitrogens with zero attached hydrogens (tertiary/aromatic N) is 3. The van der Waals surface area contributed by atoms with Gasteiger partial charge >= 0.3 is 0 Å². The summed E-state index contributed by atoms with van der Waals surface area (Å²) < 4.78 is 7.33. The molecule has 2 aromatic heterocycles. The fraction of sp³-hybridized carbons (Fsp3) is 0.333. The predicted molar refractivity (Wildman–Crippen MR) is 107 cm³/mol. The molecule has 0 unspecified atom stereocenters. The molecule has 27 heavy (non-hydrogen) atoms. The number of halogens is 1. The van der Waals surface area contributed by atoms with Crippen molar-refractivity contribution in [3.8, 4) is 17.1 Å². The second-order valence-corrected chi connectivity index (χ2v) is 6.89. The Morgan fingerprint density at radius 1 is 1.15 bits per heavy atom. The summed E-state index contributed by atoms with van der Waals surface area (Å²) in [6.45, 7) is 7.42. The summed E-state index contributed by atoms with van der Waals surface area (Å²) in [6.07, 6.45) is 1.80. The number of carbonyl (C=O) groups excluding carboxylic acids is 1. The number of hydrogen-bond acceptors (Lipinski definition) is 3. The Bertz CT molecular complexity index is 923. The van der Waals surface area contributed by atoms with Crippen LogP contribution in [0.1, 0.15) is 42.9 Å². The molecule has 0 radical (unpaired) electrons. The van der Waals surface area contributed by atoms with Crippen LogP contribution >= 0.6 is 11.6 Å². The Balaban J connectivity index is 2.11. The predicted octanol–water partition coefficient (Wildman–Crippen LogP) is 5.36. The van der Waals surface area contributed by atoms with E-state index in [1.54, 1.807) is 16.8 Å². The molecule has 0 aliphatic rings. The molecule has 3 aromatic rings. The average Bonchev–Trinajstić information content (AvgIpc) is 3.28. The third kappa shape index (κ3) is 4.08. The molecule has 6 heteroatoms. The van der Waals surface area contributed by atoms with Crippen LogP contribution in [0, 0.1) is 6.92 Å². The van der Waals surface area contributed by atoms with Gasteiger partial charge < -0.3 is 9.32 Å². The third-order valence-corrected chi connectivity index (χ3v) is 4.60. The summed E-state index contributed by atoms with van der Waals surface area (Å²) in [7, 11) is 0. The Labute approximate surface area is 164 Å². The van der Waals surface area contributed by atoms with Gasteiger partial charge in [0.05, 0.1) is 10.7 Å². The maximum atomic E-state index is 13.3. The summed E-state index contributed by atoms with van der Waals surface area (Å²) in [6, 6.07) is 12.9. The molecule has 0 saturated carbocycles. The Hall–Kier alpha value is -2.53. The normalized spacial score (nSPS) is 11.0. The molecule has 5 nitrogen and oxygen atoms in total. The molecule has 3 rings (SSSR count). The van der Waals surface area contributed by atoms with Gasteiger partial charge in [-0.3, -0.25) is 4.79 Å². The number of aryl methyl sites for hydroxylation is 1. The maximum Gasteiger partial charge on any atom is 0.272 e. The zero-order chi connectivity index (χ0) is 19.4. The summed E-state index contributed by atoms with van der Waals surface area (Å²) in [5.41, 5.74) is 1.76. The molecule has 1 aromatic carbocycles. The van der Waals surface area contributed by atoms with Crippen molar-refractivity contribution in [2.24, 2.45) is 0 Å². The van der Waals surface area contributed by atoms with Gasteiger partial charge in [0, 0.05) is 19.2 Å². The van der Waals surface area contributed by atoms with Crippen LogP contribution in [-0.2, 0) is 0 Å². The van der Waals surface area contributed by atoms with Gasteiger partial charge in [0.2, 0.25) is 0 Å². The fourth-order valence-corrected chi connectivity index (χ4v) is 3.27. The molecule has 0 fully saturated rings. The van der Waals surface area contributed by atoms with Crippen molar-refractivity contribution in [3.05, 3.63) is 58.9 Å². The van der Waals surface area contributed by atoms with E-state index in [1.807, 2.05) is 42.2 Å². The lowest BCUT2D eigenvalue weighted by molar-refractivity contribution is 0.0746. The number of carbonyl (C=O) groups is 1. The van der Waals surface area contributed by atoms with Crippen LogP contribution in [0.4, 0.5) is 0 Å². The van der Waals surface area contributed by atoms with Crippen LogP contribution in [0.25, 0.3) is 17.1 Å². The molecule has 0 aliphatic heterocycles. The molecule has 0 bridgehead atoms. The minimum atomic E-state index is -0.0550. The van der Waals surface area contributed by atoms with Crippen molar-refractivity contribution in [3.63, 3.8) is 0 Å². The van der Waals surface area contributed by atoms with Crippen LogP contribution in [0.15, 0.2) is 46.9 Å². The summed E-state index contributed by atoms with van der Waals surface area (Å²) >= 11 is 6.39. The van der Waals surface area contributed by atoms with E-state index in [-0.39, 0.29) is 5.91 Å². The van der Waals surface area contributed by atoms with Gasteiger partial charge in [0.25, 0.3) is 5.91 Å². The number of aromatic nitrogens is 2. The second-order valence-electron chi connectivity index (χ2n) is 6.48. The van der Waals surface area contributed by atoms with Gasteiger partial charge in [-0.25, -0.2) is 4.68 Å². The number of amides is 1. The first-order chi connectivity index (χ1) is 13.0. The summed E-state index contributed by atoms with van der Waals surface area (Å²) in [4.78, 5) is 15.1. The number of benzene rings is 1. The summed E-state index contributed by atoms with van der Waals surface area (Å²) in [5, 5.41) is 5.18. The van der Waals surface area contributed by atoms with E-state index in [1.165, 1.54) is 0 Å². The topological polar surface area (TPSA) is 51.3 Å². The Kier molecular flexibility index (Phi) is 6.01. The van der Waals surface area contributed by atoms with Crippen molar-refractivity contribution in [2.75, 3.05) is 13.1 Å². The number of para-hydroxylation sites is 1. The SMILES string of the molecule is CCCN(CCC)C(=O)c1cc(-c2ccc(C)o2)nn1-c1ccccc1Cl. The third-order valence-electron chi connectivity index (χ3n) is 4.28. The van der Waals surface area contributed by atoms with Crippen molar-refractivity contribution in [1.82, 2.24) is 14.7 Å². The van der Waals surface area contributed by atoms with E-state index in [0.29, 0.717) is 40.9 Å². The lowest BCUT2D eigenvalue weighted by atomic mass is 10.2. The smallest absolute Gasteiger partial charge is 0.272 e. The Morgan fingerprint density at radius 3 is 2.44 bits per heavy atom. The van der Waals surface area contributed by atoms with E-state index in [2.05, 4.69) is 18.9 Å². The standard InChI is InChI=1S/C21H24ClN3O2/c1-4-12-24(13-5-2)21(26)19-14-17(20-11-10-15(3)27-20)23-25(19)18-9-7-6-8-16(18)22/h6-11,14H,4-5,12-13H2,1-3H3. The highest BCUT2D eigenvalue weighted by Gasteiger charge is 2.23. The monoisotopic (exact) mass is 385 g/mol. The first-order valence-electron chi connectivity index (χ1n) is 9.26. The molecule has 0 aliphatic carbocycles. The zero-order valence-electron chi connectivity index (χ0n) is 15.9. The molecule has 0 spiro atoms. The maximum absolute atomic E-state index is 13.3. The molecule has 2 heterocycles. The van der Waals surface area contributed by atoms with Crippen molar-refractivity contribution < 1.29 is 9.21 Å². The molecule has 0 saturated heterocycles. The first-order valence-corrected chi connectivity index (χ1v) is 9.64. The fourth-order valence-electron chi connectivity index (χ4n) is 3.05. The second kappa shape index (κ2) is 8.44. The lowest BCUT2D eigenvalue weighted by Gasteiger charge is -2.21. The van der Waals surface area contributed by atoms with Gasteiger partial charge in [0.15, 0.2) is 5.76 Å². The quantitative estimate of drug-likeness (QED) is 0.550. The molecule has 142 valence electrons. The van der Waals surface area contributed by atoms with Crippen LogP contribution < -0.4 is 0 Å². The van der Waals surface area contributed by atoms with Crippen molar-refractivity contribution in [1.29, 1.82) is 0 Å². The van der Waals surface area contributed by atoms with Crippen LogP contribution in [-0.4, -0.2) is 33.7 Å². The molecule has 0 atom stereocenters.